The topological polar surface area (TPSA) is 57.5 Å². The number of phenols is 1. The molecule has 0 amide bonds. The van der Waals surface area contributed by atoms with Gasteiger partial charge in [-0.05, 0) is 31.4 Å². The second-order valence-corrected chi connectivity index (χ2v) is 5.04. The molecule has 0 unspecified atom stereocenters. The first kappa shape index (κ1) is 12.9. The fraction of sp³-hybridized carbons (Fsp3) is 0.500. The van der Waals surface area contributed by atoms with Gasteiger partial charge in [0.1, 0.15) is 11.6 Å². The Kier molecular flexibility index (Phi) is 3.28. The third-order valence-corrected chi connectivity index (χ3v) is 3.91. The molecule has 0 spiro atoms. The van der Waals surface area contributed by atoms with Crippen molar-refractivity contribution in [2.45, 2.75) is 44.4 Å². The maximum Gasteiger partial charge on any atom is 0.314 e. The van der Waals surface area contributed by atoms with E-state index >= 15 is 0 Å². The Labute approximate surface area is 105 Å². The van der Waals surface area contributed by atoms with Gasteiger partial charge in [0.2, 0.25) is 0 Å². The molecule has 0 aliphatic heterocycles. The van der Waals surface area contributed by atoms with Gasteiger partial charge < -0.3 is 10.2 Å². The van der Waals surface area contributed by atoms with Crippen LogP contribution in [0.15, 0.2) is 12.1 Å². The number of benzene rings is 1. The van der Waals surface area contributed by atoms with Gasteiger partial charge in [-0.3, -0.25) is 4.79 Å². The Morgan fingerprint density at radius 1 is 1.28 bits per heavy atom. The maximum absolute atomic E-state index is 14.2. The highest BCUT2D eigenvalue weighted by atomic mass is 19.1. The smallest absolute Gasteiger partial charge is 0.314 e. The van der Waals surface area contributed by atoms with Crippen molar-refractivity contribution in [3.05, 3.63) is 29.1 Å². The van der Waals surface area contributed by atoms with Crippen LogP contribution in [0.1, 0.15) is 43.2 Å². The van der Waals surface area contributed by atoms with Crippen molar-refractivity contribution >= 4 is 5.97 Å². The van der Waals surface area contributed by atoms with Gasteiger partial charge in [0, 0.05) is 5.56 Å². The molecule has 1 aliphatic rings. The Balaban J connectivity index is 2.63. The maximum atomic E-state index is 14.2. The molecular formula is C14H17FO3. The Bertz CT molecular complexity index is 476. The molecule has 4 heteroatoms. The average molecular weight is 252 g/mol. The summed E-state index contributed by atoms with van der Waals surface area (Å²) in [6.45, 7) is 1.58. The number of aliphatic carboxylic acids is 1. The zero-order valence-corrected chi connectivity index (χ0v) is 10.4. The minimum atomic E-state index is -1.27. The van der Waals surface area contributed by atoms with E-state index in [1.807, 2.05) is 0 Å². The quantitative estimate of drug-likeness (QED) is 0.850. The number of phenolic OH excluding ortho intramolecular Hbond substituents is 1. The summed E-state index contributed by atoms with van der Waals surface area (Å²) in [6.07, 6.45) is 3.23. The van der Waals surface area contributed by atoms with Crippen molar-refractivity contribution in [3.63, 3.8) is 0 Å². The van der Waals surface area contributed by atoms with Crippen LogP contribution in [0, 0.1) is 12.7 Å². The monoisotopic (exact) mass is 252 g/mol. The van der Waals surface area contributed by atoms with Crippen LogP contribution < -0.4 is 0 Å². The average Bonchev–Trinajstić information content (AvgIpc) is 2.35. The second-order valence-electron chi connectivity index (χ2n) is 5.04. The molecule has 0 aromatic heterocycles. The standard InChI is InChI=1S/C14H17FO3/c1-9-5-6-10(16)11(12(9)15)14(13(17)18)7-3-2-4-8-14/h5-6,16H,2-4,7-8H2,1H3,(H,17,18). The number of carboxylic acid groups (broad SMARTS) is 1. The van der Waals surface area contributed by atoms with E-state index in [4.69, 9.17) is 0 Å². The van der Waals surface area contributed by atoms with E-state index in [1.54, 1.807) is 6.92 Å². The van der Waals surface area contributed by atoms with Crippen LogP contribution in [0.3, 0.4) is 0 Å². The molecule has 1 aromatic carbocycles. The summed E-state index contributed by atoms with van der Waals surface area (Å²) >= 11 is 0. The zero-order chi connectivity index (χ0) is 13.3. The van der Waals surface area contributed by atoms with Gasteiger partial charge in [-0.1, -0.05) is 25.3 Å². The molecular weight excluding hydrogens is 235 g/mol. The molecule has 3 nitrogen and oxygen atoms in total. The highest BCUT2D eigenvalue weighted by Gasteiger charge is 2.45. The lowest BCUT2D eigenvalue weighted by Crippen LogP contribution is -2.38. The molecule has 2 rings (SSSR count). The molecule has 1 saturated carbocycles. The minimum absolute atomic E-state index is 0.0327. The van der Waals surface area contributed by atoms with E-state index in [9.17, 15) is 19.4 Å². The zero-order valence-electron chi connectivity index (χ0n) is 10.4. The Hall–Kier alpha value is -1.58. The van der Waals surface area contributed by atoms with Crippen molar-refractivity contribution in [1.82, 2.24) is 0 Å². The molecule has 0 heterocycles. The van der Waals surface area contributed by atoms with Crippen molar-refractivity contribution in [3.8, 4) is 5.75 Å². The largest absolute Gasteiger partial charge is 0.508 e. The predicted octanol–water partition coefficient (Wildman–Crippen LogP) is 3.13. The minimum Gasteiger partial charge on any atom is -0.508 e. The SMILES string of the molecule is Cc1ccc(O)c(C2(C(=O)O)CCCCC2)c1F. The third kappa shape index (κ3) is 1.85. The van der Waals surface area contributed by atoms with Gasteiger partial charge >= 0.3 is 5.97 Å². The molecule has 0 radical (unpaired) electrons. The lowest BCUT2D eigenvalue weighted by molar-refractivity contribution is -0.145. The molecule has 0 saturated heterocycles. The van der Waals surface area contributed by atoms with Crippen molar-refractivity contribution < 1.29 is 19.4 Å². The van der Waals surface area contributed by atoms with Crippen LogP contribution in [0.5, 0.6) is 5.75 Å². The van der Waals surface area contributed by atoms with E-state index in [-0.39, 0.29) is 11.3 Å². The molecule has 1 fully saturated rings. The number of halogens is 1. The van der Waals surface area contributed by atoms with Crippen LogP contribution in [-0.2, 0) is 10.2 Å². The summed E-state index contributed by atoms with van der Waals surface area (Å²) < 4.78 is 14.2. The normalized spacial score (nSPS) is 18.6. The van der Waals surface area contributed by atoms with Gasteiger partial charge in [0.15, 0.2) is 0 Å². The van der Waals surface area contributed by atoms with Crippen molar-refractivity contribution in [2.75, 3.05) is 0 Å². The number of rotatable bonds is 2. The number of aromatic hydroxyl groups is 1. The van der Waals surface area contributed by atoms with Crippen LogP contribution in [0.2, 0.25) is 0 Å². The first-order chi connectivity index (χ1) is 8.49. The van der Waals surface area contributed by atoms with E-state index in [1.165, 1.54) is 12.1 Å². The van der Waals surface area contributed by atoms with Crippen molar-refractivity contribution in [2.24, 2.45) is 0 Å². The fourth-order valence-electron chi connectivity index (χ4n) is 2.85. The summed E-state index contributed by atoms with van der Waals surface area (Å²) in [5.41, 5.74) is -0.929. The number of aryl methyl sites for hydroxylation is 1. The van der Waals surface area contributed by atoms with Crippen LogP contribution in [0.25, 0.3) is 0 Å². The predicted molar refractivity (Wildman–Crippen MR) is 65.2 cm³/mol. The molecule has 2 N–H and O–H groups in total. The van der Waals surface area contributed by atoms with E-state index in [2.05, 4.69) is 0 Å². The van der Waals surface area contributed by atoms with Gasteiger partial charge in [-0.2, -0.15) is 0 Å². The summed E-state index contributed by atoms with van der Waals surface area (Å²) in [5.74, 6) is -1.87. The number of carbonyl (C=O) groups is 1. The van der Waals surface area contributed by atoms with Gasteiger partial charge in [-0.15, -0.1) is 0 Å². The molecule has 18 heavy (non-hydrogen) atoms. The number of hydrogen-bond donors (Lipinski definition) is 2. The van der Waals surface area contributed by atoms with E-state index in [0.29, 0.717) is 18.4 Å². The summed E-state index contributed by atoms with van der Waals surface area (Å²) in [6, 6.07) is 2.85. The lowest BCUT2D eigenvalue weighted by Gasteiger charge is -2.34. The lowest BCUT2D eigenvalue weighted by atomic mass is 9.68. The Morgan fingerprint density at radius 3 is 2.44 bits per heavy atom. The Morgan fingerprint density at radius 2 is 1.89 bits per heavy atom. The molecule has 98 valence electrons. The summed E-state index contributed by atoms with van der Waals surface area (Å²) in [5, 5.41) is 19.4. The number of carboxylic acids is 1. The first-order valence-electron chi connectivity index (χ1n) is 6.21. The highest BCUT2D eigenvalue weighted by Crippen LogP contribution is 2.45. The molecule has 0 bridgehead atoms. The molecule has 0 atom stereocenters. The molecule has 1 aliphatic carbocycles. The van der Waals surface area contributed by atoms with Crippen LogP contribution in [-0.4, -0.2) is 16.2 Å². The first-order valence-corrected chi connectivity index (χ1v) is 6.21. The van der Waals surface area contributed by atoms with Gasteiger partial charge in [0.25, 0.3) is 0 Å². The fourth-order valence-corrected chi connectivity index (χ4v) is 2.85. The van der Waals surface area contributed by atoms with Crippen LogP contribution >= 0.6 is 0 Å². The van der Waals surface area contributed by atoms with Crippen molar-refractivity contribution in [1.29, 1.82) is 0 Å². The molecule has 1 aromatic rings. The van der Waals surface area contributed by atoms with Crippen LogP contribution in [0.4, 0.5) is 4.39 Å². The second kappa shape index (κ2) is 4.59. The van der Waals surface area contributed by atoms with Gasteiger partial charge in [-0.25, -0.2) is 4.39 Å². The summed E-state index contributed by atoms with van der Waals surface area (Å²) in [7, 11) is 0. The highest BCUT2D eigenvalue weighted by molar-refractivity contribution is 5.82. The number of hydrogen-bond acceptors (Lipinski definition) is 2. The van der Waals surface area contributed by atoms with Gasteiger partial charge in [0.05, 0.1) is 5.41 Å². The van der Waals surface area contributed by atoms with E-state index < -0.39 is 17.2 Å². The van der Waals surface area contributed by atoms with E-state index in [0.717, 1.165) is 19.3 Å². The third-order valence-electron chi connectivity index (χ3n) is 3.91. The summed E-state index contributed by atoms with van der Waals surface area (Å²) in [4.78, 5) is 11.6.